The smallest absolute Gasteiger partial charge is 0.147 e. The maximum Gasteiger partial charge on any atom is 0.147 e. The van der Waals surface area contributed by atoms with E-state index in [4.69, 9.17) is 0 Å². The number of para-hydroxylation sites is 2. The first-order chi connectivity index (χ1) is 23.6. The second kappa shape index (κ2) is 9.74. The average molecular weight is 640 g/mol. The molecule has 0 radical (unpaired) electrons. The molecule has 7 aliphatic heterocycles. The third kappa shape index (κ3) is 3.25. The lowest BCUT2D eigenvalue weighted by Crippen LogP contribution is -2.63. The van der Waals surface area contributed by atoms with Gasteiger partial charge in [-0.1, -0.05) is 56.3 Å². The van der Waals surface area contributed by atoms with Crippen molar-refractivity contribution in [1.82, 2.24) is 23.8 Å². The normalized spacial score (nSPS) is 35.4. The lowest BCUT2D eigenvalue weighted by molar-refractivity contribution is -0.130. The Kier molecular flexibility index (Phi) is 5.81. The van der Waals surface area contributed by atoms with Gasteiger partial charge in [0.05, 0.1) is 17.6 Å². The minimum absolute atomic E-state index is 0.118. The molecule has 2 aromatic heterocycles. The number of fused-ring (bicyclic) bond motifs is 9. The summed E-state index contributed by atoms with van der Waals surface area (Å²) >= 11 is 0. The molecule has 7 aliphatic rings. The van der Waals surface area contributed by atoms with Crippen LogP contribution in [-0.4, -0.2) is 75.9 Å². The van der Waals surface area contributed by atoms with Crippen LogP contribution in [0, 0.1) is 16.7 Å². The Morgan fingerprint density at radius 2 is 1.48 bits per heavy atom. The SMILES string of the molecule is CC[C@@]12C=C(CN3C[C@@H]4[C@]5(CC)CCCN6CCc7c(n(c8ccccc78)[C@@]4(C=O)C3)[C@@H]65)n3c4c(c5ccccc53)CCN(CCC1)[C@H]42. The minimum Gasteiger partial charge on any atom is -0.328 e. The van der Waals surface area contributed by atoms with Gasteiger partial charge in [0, 0.05) is 77.4 Å². The van der Waals surface area contributed by atoms with Crippen molar-refractivity contribution in [3.8, 4) is 0 Å². The van der Waals surface area contributed by atoms with E-state index < -0.39 is 5.54 Å². The largest absolute Gasteiger partial charge is 0.328 e. The van der Waals surface area contributed by atoms with Crippen LogP contribution >= 0.6 is 0 Å². The number of benzene rings is 2. The molecule has 0 amide bonds. The predicted molar refractivity (Wildman–Crippen MR) is 192 cm³/mol. The molecule has 0 saturated carbocycles. The van der Waals surface area contributed by atoms with Crippen molar-refractivity contribution in [2.45, 2.75) is 82.8 Å². The van der Waals surface area contributed by atoms with Crippen LogP contribution in [0.3, 0.4) is 0 Å². The molecule has 6 atom stereocenters. The Bertz CT molecular complexity index is 2050. The Hall–Kier alpha value is -3.19. The summed E-state index contributed by atoms with van der Waals surface area (Å²) in [7, 11) is 0. The van der Waals surface area contributed by atoms with Crippen LogP contribution in [0.15, 0.2) is 54.6 Å². The number of carbonyl (C=O) groups is 1. The molecule has 0 N–H and O–H groups in total. The molecule has 11 rings (SSSR count). The Morgan fingerprint density at radius 3 is 2.23 bits per heavy atom. The highest BCUT2D eigenvalue weighted by Crippen LogP contribution is 2.65. The van der Waals surface area contributed by atoms with Crippen molar-refractivity contribution < 1.29 is 4.79 Å². The second-order valence-corrected chi connectivity index (χ2v) is 16.7. The summed E-state index contributed by atoms with van der Waals surface area (Å²) in [5, 5.41) is 2.85. The maximum absolute atomic E-state index is 14.1. The maximum atomic E-state index is 14.1. The number of rotatable bonds is 5. The molecule has 48 heavy (non-hydrogen) atoms. The fourth-order valence-electron chi connectivity index (χ4n) is 13.4. The van der Waals surface area contributed by atoms with E-state index in [0.717, 1.165) is 45.4 Å². The van der Waals surface area contributed by atoms with Crippen molar-refractivity contribution in [2.75, 3.05) is 45.8 Å². The standard InChI is InChI=1S/C42H49N5O/c1-3-40-17-9-19-44-21-15-31-29-11-5-7-13-33(29)46(36(31)38(40)44)28(23-40)24-43-25-35-41(4-2)18-10-20-45-22-16-32-30-12-6-8-14-34(30)47(37(32)39(41)45)42(35,26-43)27-48/h5-8,11-14,23,27,35,38-39H,3-4,9-10,15-22,24-26H2,1-2H3/t35-,38-,39-,40+,41+,42-/m1/s1. The first-order valence-electron chi connectivity index (χ1n) is 19.2. The molecule has 9 heterocycles. The van der Waals surface area contributed by atoms with Gasteiger partial charge in [0.15, 0.2) is 0 Å². The van der Waals surface area contributed by atoms with Crippen molar-refractivity contribution in [1.29, 1.82) is 0 Å². The minimum atomic E-state index is -0.542. The monoisotopic (exact) mass is 639 g/mol. The zero-order valence-electron chi connectivity index (χ0n) is 28.8. The number of piperidine rings is 2. The summed E-state index contributed by atoms with van der Waals surface area (Å²) in [6.45, 7) is 12.3. The highest BCUT2D eigenvalue weighted by atomic mass is 16.1. The lowest BCUT2D eigenvalue weighted by Gasteiger charge is -2.61. The van der Waals surface area contributed by atoms with Crippen LogP contribution in [0.2, 0.25) is 0 Å². The molecule has 6 nitrogen and oxygen atoms in total. The van der Waals surface area contributed by atoms with Crippen molar-refractivity contribution >= 4 is 33.8 Å². The van der Waals surface area contributed by atoms with E-state index in [1.165, 1.54) is 96.8 Å². The Labute approximate surface area is 284 Å². The summed E-state index contributed by atoms with van der Waals surface area (Å²) in [5.41, 5.74) is 10.1. The first-order valence-corrected chi connectivity index (χ1v) is 19.2. The van der Waals surface area contributed by atoms with E-state index in [1.54, 1.807) is 11.3 Å². The van der Waals surface area contributed by atoms with E-state index in [9.17, 15) is 4.79 Å². The number of hydrogen-bond donors (Lipinski definition) is 0. The highest BCUT2D eigenvalue weighted by Gasteiger charge is 2.66. The van der Waals surface area contributed by atoms with Crippen molar-refractivity contribution in [3.63, 3.8) is 0 Å². The number of aromatic nitrogens is 2. The average Bonchev–Trinajstić information content (AvgIpc) is 3.80. The Morgan fingerprint density at radius 1 is 0.792 bits per heavy atom. The third-order valence-corrected chi connectivity index (χ3v) is 15.1. The van der Waals surface area contributed by atoms with E-state index in [0.29, 0.717) is 18.0 Å². The van der Waals surface area contributed by atoms with Crippen LogP contribution in [0.1, 0.15) is 87.0 Å². The molecule has 3 saturated heterocycles. The van der Waals surface area contributed by atoms with Gasteiger partial charge in [-0.3, -0.25) is 14.7 Å². The van der Waals surface area contributed by atoms with E-state index in [2.05, 4.69) is 92.3 Å². The van der Waals surface area contributed by atoms with Crippen LogP contribution in [0.25, 0.3) is 27.5 Å². The molecule has 0 bridgehead atoms. The zero-order valence-corrected chi connectivity index (χ0v) is 28.8. The van der Waals surface area contributed by atoms with Gasteiger partial charge in [-0.2, -0.15) is 0 Å². The topological polar surface area (TPSA) is 36.6 Å². The molecule has 0 aliphatic carbocycles. The number of carbonyl (C=O) groups excluding carboxylic acids is 1. The van der Waals surface area contributed by atoms with Gasteiger partial charge in [-0.05, 0) is 93.1 Å². The Balaban J connectivity index is 1.09. The quantitative estimate of drug-likeness (QED) is 0.217. The first kappa shape index (κ1) is 28.6. The summed E-state index contributed by atoms with van der Waals surface area (Å²) < 4.78 is 5.33. The predicted octanol–water partition coefficient (Wildman–Crippen LogP) is 7.17. The molecule has 2 aromatic carbocycles. The van der Waals surface area contributed by atoms with Crippen LogP contribution in [-0.2, 0) is 23.2 Å². The van der Waals surface area contributed by atoms with Gasteiger partial charge in [0.25, 0.3) is 0 Å². The van der Waals surface area contributed by atoms with Crippen LogP contribution in [0.5, 0.6) is 0 Å². The fourth-order valence-corrected chi connectivity index (χ4v) is 13.4. The molecule has 4 aromatic rings. The molecular weight excluding hydrogens is 590 g/mol. The number of likely N-dealkylation sites (tertiary alicyclic amines) is 1. The number of nitrogens with zero attached hydrogens (tertiary/aromatic N) is 5. The van der Waals surface area contributed by atoms with Gasteiger partial charge < -0.3 is 13.9 Å². The fraction of sp³-hybridized carbons (Fsp3) is 0.548. The van der Waals surface area contributed by atoms with E-state index in [-0.39, 0.29) is 10.8 Å². The zero-order chi connectivity index (χ0) is 32.0. The van der Waals surface area contributed by atoms with Gasteiger partial charge >= 0.3 is 0 Å². The van der Waals surface area contributed by atoms with Crippen LogP contribution in [0.4, 0.5) is 0 Å². The van der Waals surface area contributed by atoms with Gasteiger partial charge in [-0.25, -0.2) is 0 Å². The van der Waals surface area contributed by atoms with Gasteiger partial charge in [0.1, 0.15) is 11.8 Å². The number of hydrogen-bond acceptors (Lipinski definition) is 4. The molecule has 0 spiro atoms. The van der Waals surface area contributed by atoms with Crippen LogP contribution < -0.4 is 0 Å². The summed E-state index contributed by atoms with van der Waals surface area (Å²) in [6.07, 6.45) is 13.8. The summed E-state index contributed by atoms with van der Waals surface area (Å²) in [6, 6.07) is 19.2. The van der Waals surface area contributed by atoms with E-state index >= 15 is 0 Å². The highest BCUT2D eigenvalue weighted by molar-refractivity contribution is 5.91. The molecule has 3 fully saturated rings. The van der Waals surface area contributed by atoms with Crippen molar-refractivity contribution in [3.05, 3.63) is 77.1 Å². The molecule has 6 heteroatoms. The third-order valence-electron chi connectivity index (χ3n) is 15.1. The summed E-state index contributed by atoms with van der Waals surface area (Å²) in [5.74, 6) is 0.298. The lowest BCUT2D eigenvalue weighted by atomic mass is 9.55. The molecule has 248 valence electrons. The van der Waals surface area contributed by atoms with Crippen molar-refractivity contribution in [2.24, 2.45) is 16.7 Å². The van der Waals surface area contributed by atoms with Gasteiger partial charge in [-0.15, -0.1) is 0 Å². The summed E-state index contributed by atoms with van der Waals surface area (Å²) in [4.78, 5) is 22.4. The number of aldehydes is 1. The molecular formula is C42H49N5O. The second-order valence-electron chi connectivity index (χ2n) is 16.7. The van der Waals surface area contributed by atoms with E-state index in [1.807, 2.05) is 0 Å². The molecule has 0 unspecified atom stereocenters. The van der Waals surface area contributed by atoms with Gasteiger partial charge in [0.2, 0.25) is 0 Å².